The number of nitro benzene ring substituents is 1. The Balaban J connectivity index is 2.07. The number of carbonyl (C=O) groups is 2. The highest BCUT2D eigenvalue weighted by Crippen LogP contribution is 2.35. The van der Waals surface area contributed by atoms with Crippen LogP contribution < -0.4 is 15.0 Å². The molecule has 0 aliphatic carbocycles. The average Bonchev–Trinajstić information content (AvgIpc) is 2.68. The van der Waals surface area contributed by atoms with Gasteiger partial charge in [-0.3, -0.25) is 29.9 Å². The fourth-order valence-electron chi connectivity index (χ4n) is 2.65. The summed E-state index contributed by atoms with van der Waals surface area (Å²) in [5, 5.41) is 13.7. The van der Waals surface area contributed by atoms with Gasteiger partial charge in [0, 0.05) is 6.07 Å². The van der Waals surface area contributed by atoms with Gasteiger partial charge in [0.05, 0.1) is 27.8 Å². The molecule has 8 nitrogen and oxygen atoms in total. The minimum atomic E-state index is -0.749. The summed E-state index contributed by atoms with van der Waals surface area (Å²) in [6, 6.07) is 8.67. The third-order valence-electron chi connectivity index (χ3n) is 3.98. The second kappa shape index (κ2) is 8.16. The SMILES string of the molecule is COc1ccc(/C=C2\C(=O)NC(=S)N(c3cccc(Cl)c3Cl)C2=O)cc1[N+](=O)[O-]. The van der Waals surface area contributed by atoms with Crippen LogP contribution in [0.5, 0.6) is 5.75 Å². The largest absolute Gasteiger partial charge is 0.490 e. The minimum absolute atomic E-state index is 0.0464. The van der Waals surface area contributed by atoms with Crippen molar-refractivity contribution in [3.05, 3.63) is 67.7 Å². The lowest BCUT2D eigenvalue weighted by molar-refractivity contribution is -0.385. The van der Waals surface area contributed by atoms with Crippen molar-refractivity contribution in [3.63, 3.8) is 0 Å². The highest BCUT2D eigenvalue weighted by molar-refractivity contribution is 7.80. The predicted molar refractivity (Wildman–Crippen MR) is 112 cm³/mol. The molecule has 11 heteroatoms. The number of amides is 2. The lowest BCUT2D eigenvalue weighted by atomic mass is 10.1. The van der Waals surface area contributed by atoms with Crippen LogP contribution in [0.15, 0.2) is 42.0 Å². The highest BCUT2D eigenvalue weighted by atomic mass is 35.5. The number of nitrogens with zero attached hydrogens (tertiary/aromatic N) is 2. The van der Waals surface area contributed by atoms with Crippen LogP contribution >= 0.6 is 35.4 Å². The van der Waals surface area contributed by atoms with Gasteiger partial charge in [0.1, 0.15) is 5.57 Å². The molecule has 1 heterocycles. The van der Waals surface area contributed by atoms with E-state index < -0.39 is 16.7 Å². The second-order valence-corrected chi connectivity index (χ2v) is 6.89. The van der Waals surface area contributed by atoms with Gasteiger partial charge in [-0.1, -0.05) is 35.3 Å². The molecule has 0 saturated carbocycles. The van der Waals surface area contributed by atoms with Crippen LogP contribution in [0, 0.1) is 10.1 Å². The number of thiocarbonyl (C=S) groups is 1. The molecule has 1 N–H and O–H groups in total. The van der Waals surface area contributed by atoms with E-state index in [-0.39, 0.29) is 43.4 Å². The van der Waals surface area contributed by atoms with Crippen LogP contribution in [-0.2, 0) is 9.59 Å². The number of hydrogen-bond donors (Lipinski definition) is 1. The zero-order valence-corrected chi connectivity index (χ0v) is 17.0. The number of carbonyl (C=O) groups excluding carboxylic acids is 2. The van der Waals surface area contributed by atoms with E-state index in [0.29, 0.717) is 0 Å². The fraction of sp³-hybridized carbons (Fsp3) is 0.0556. The molecule has 148 valence electrons. The van der Waals surface area contributed by atoms with Gasteiger partial charge in [0.25, 0.3) is 11.8 Å². The summed E-state index contributed by atoms with van der Waals surface area (Å²) in [7, 11) is 1.30. The Hall–Kier alpha value is -3.01. The molecular weight excluding hydrogens is 441 g/mol. The Kier molecular flexibility index (Phi) is 5.83. The molecule has 2 aromatic rings. The summed E-state index contributed by atoms with van der Waals surface area (Å²) < 4.78 is 4.95. The first-order valence-corrected chi connectivity index (χ1v) is 9.09. The maximum atomic E-state index is 13.0. The maximum Gasteiger partial charge on any atom is 0.311 e. The van der Waals surface area contributed by atoms with Crippen molar-refractivity contribution in [2.24, 2.45) is 0 Å². The van der Waals surface area contributed by atoms with E-state index in [4.69, 9.17) is 40.2 Å². The Morgan fingerprint density at radius 1 is 1.24 bits per heavy atom. The molecule has 0 spiro atoms. The molecule has 0 aromatic heterocycles. The Morgan fingerprint density at radius 3 is 2.62 bits per heavy atom. The number of halogens is 2. The monoisotopic (exact) mass is 451 g/mol. The molecule has 2 amide bonds. The number of methoxy groups -OCH3 is 1. The van der Waals surface area contributed by atoms with E-state index in [2.05, 4.69) is 5.32 Å². The quantitative estimate of drug-likeness (QED) is 0.249. The van der Waals surface area contributed by atoms with Crippen molar-refractivity contribution in [3.8, 4) is 5.75 Å². The van der Waals surface area contributed by atoms with Crippen molar-refractivity contribution in [2.75, 3.05) is 12.0 Å². The summed E-state index contributed by atoms with van der Waals surface area (Å²) in [5.41, 5.74) is -0.147. The third kappa shape index (κ3) is 3.93. The summed E-state index contributed by atoms with van der Waals surface area (Å²) in [5.74, 6) is -1.45. The zero-order chi connectivity index (χ0) is 21.3. The Bertz CT molecular complexity index is 1100. The first-order chi connectivity index (χ1) is 13.7. The van der Waals surface area contributed by atoms with Gasteiger partial charge in [0.15, 0.2) is 10.9 Å². The number of benzene rings is 2. The van der Waals surface area contributed by atoms with Gasteiger partial charge >= 0.3 is 5.69 Å². The topological polar surface area (TPSA) is 102 Å². The Morgan fingerprint density at radius 2 is 1.97 bits per heavy atom. The van der Waals surface area contributed by atoms with Crippen molar-refractivity contribution < 1.29 is 19.2 Å². The van der Waals surface area contributed by atoms with Gasteiger partial charge < -0.3 is 4.74 Å². The van der Waals surface area contributed by atoms with Gasteiger partial charge in [-0.05, 0) is 42.1 Å². The predicted octanol–water partition coefficient (Wildman–Crippen LogP) is 3.74. The molecule has 0 radical (unpaired) electrons. The summed E-state index contributed by atoms with van der Waals surface area (Å²) in [6.07, 6.45) is 1.22. The molecule has 1 saturated heterocycles. The van der Waals surface area contributed by atoms with Gasteiger partial charge in [-0.2, -0.15) is 0 Å². The van der Waals surface area contributed by atoms with E-state index in [1.54, 1.807) is 6.07 Å². The van der Waals surface area contributed by atoms with Crippen molar-refractivity contribution >= 4 is 69.8 Å². The Labute approximate surface area is 179 Å². The molecule has 0 unspecified atom stereocenters. The van der Waals surface area contributed by atoms with Crippen LogP contribution in [0.1, 0.15) is 5.56 Å². The van der Waals surface area contributed by atoms with E-state index in [0.717, 1.165) is 4.90 Å². The number of nitrogens with one attached hydrogen (secondary N) is 1. The molecule has 1 aliphatic heterocycles. The number of hydrogen-bond acceptors (Lipinski definition) is 6. The first-order valence-electron chi connectivity index (χ1n) is 7.92. The van der Waals surface area contributed by atoms with Crippen LogP contribution in [-0.4, -0.2) is 29.0 Å². The molecule has 29 heavy (non-hydrogen) atoms. The number of ether oxygens (including phenoxy) is 1. The molecule has 0 atom stereocenters. The van der Waals surface area contributed by atoms with Crippen molar-refractivity contribution in [1.82, 2.24) is 5.32 Å². The number of nitro groups is 1. The van der Waals surface area contributed by atoms with E-state index in [1.807, 2.05) is 0 Å². The molecule has 0 bridgehead atoms. The molecule has 1 fully saturated rings. The first kappa shape index (κ1) is 20.7. The smallest absolute Gasteiger partial charge is 0.311 e. The number of rotatable bonds is 4. The van der Waals surface area contributed by atoms with Crippen molar-refractivity contribution in [1.29, 1.82) is 0 Å². The highest BCUT2D eigenvalue weighted by Gasteiger charge is 2.35. The van der Waals surface area contributed by atoms with Gasteiger partial charge in [-0.15, -0.1) is 0 Å². The van der Waals surface area contributed by atoms with Crippen LogP contribution in [0.4, 0.5) is 11.4 Å². The maximum absolute atomic E-state index is 13.0. The van der Waals surface area contributed by atoms with Gasteiger partial charge in [0.2, 0.25) is 0 Å². The normalized spacial score (nSPS) is 15.5. The minimum Gasteiger partial charge on any atom is -0.490 e. The summed E-state index contributed by atoms with van der Waals surface area (Å²) in [4.78, 5) is 37.0. The molecule has 1 aliphatic rings. The van der Waals surface area contributed by atoms with E-state index in [1.165, 1.54) is 43.5 Å². The van der Waals surface area contributed by atoms with Crippen LogP contribution in [0.25, 0.3) is 6.08 Å². The lowest BCUT2D eigenvalue weighted by Crippen LogP contribution is -2.54. The molecule has 2 aromatic carbocycles. The van der Waals surface area contributed by atoms with E-state index in [9.17, 15) is 19.7 Å². The average molecular weight is 452 g/mol. The number of anilines is 1. The fourth-order valence-corrected chi connectivity index (χ4v) is 3.30. The van der Waals surface area contributed by atoms with Crippen LogP contribution in [0.2, 0.25) is 10.0 Å². The molecule has 3 rings (SSSR count). The second-order valence-electron chi connectivity index (χ2n) is 5.72. The lowest BCUT2D eigenvalue weighted by Gasteiger charge is -2.29. The zero-order valence-electron chi connectivity index (χ0n) is 14.6. The summed E-state index contributed by atoms with van der Waals surface area (Å²) in [6.45, 7) is 0. The van der Waals surface area contributed by atoms with Crippen LogP contribution in [0.3, 0.4) is 0 Å². The summed E-state index contributed by atoms with van der Waals surface area (Å²) >= 11 is 17.3. The standard InChI is InChI=1S/C18H11Cl2N3O5S/c1-28-14-6-5-9(8-13(14)23(26)27)7-10-16(24)21-18(29)22(17(10)25)12-4-2-3-11(19)15(12)20/h2-8H,1H3,(H,21,24,29)/b10-7+. The molecular formula is C18H11Cl2N3O5S. The third-order valence-corrected chi connectivity index (χ3v) is 5.08. The van der Waals surface area contributed by atoms with E-state index >= 15 is 0 Å². The van der Waals surface area contributed by atoms with Gasteiger partial charge in [-0.25, -0.2) is 0 Å². The van der Waals surface area contributed by atoms with Crippen molar-refractivity contribution in [2.45, 2.75) is 0 Å².